The van der Waals surface area contributed by atoms with Crippen molar-refractivity contribution in [1.29, 1.82) is 0 Å². The van der Waals surface area contributed by atoms with Crippen molar-refractivity contribution in [2.75, 3.05) is 11.9 Å². The van der Waals surface area contributed by atoms with E-state index < -0.39 is 6.10 Å². The number of carbonyl (C=O) groups excluding carboxylic acids is 1. The molecule has 7 nitrogen and oxygen atoms in total. The largest absolute Gasteiger partial charge is 0.383 e. The summed E-state index contributed by atoms with van der Waals surface area (Å²) in [6, 6.07) is 22.0. The predicted molar refractivity (Wildman–Crippen MR) is 133 cm³/mol. The minimum Gasteiger partial charge on any atom is -0.383 e. The molecule has 170 valence electrons. The van der Waals surface area contributed by atoms with E-state index in [0.29, 0.717) is 24.4 Å². The number of fused-ring (bicyclic) bond motifs is 1. The van der Waals surface area contributed by atoms with Crippen LogP contribution in [-0.4, -0.2) is 33.5 Å². The second kappa shape index (κ2) is 9.39. The number of carbonyl (C=O) groups is 1. The quantitative estimate of drug-likeness (QED) is 0.361. The molecule has 0 saturated carbocycles. The van der Waals surface area contributed by atoms with Gasteiger partial charge in [-0.15, -0.1) is 0 Å². The number of hydrogen-bond donors (Lipinski definition) is 0. The summed E-state index contributed by atoms with van der Waals surface area (Å²) >= 11 is 0. The third-order valence-electron chi connectivity index (χ3n) is 5.87. The van der Waals surface area contributed by atoms with Crippen molar-refractivity contribution in [2.24, 2.45) is 5.16 Å². The number of aromatic nitrogens is 3. The van der Waals surface area contributed by atoms with Crippen molar-refractivity contribution >= 4 is 34.0 Å². The van der Waals surface area contributed by atoms with E-state index in [-0.39, 0.29) is 5.78 Å². The smallest absolute Gasteiger partial charge is 0.192 e. The number of anilines is 2. The van der Waals surface area contributed by atoms with Gasteiger partial charge in [0.25, 0.3) is 0 Å². The van der Waals surface area contributed by atoms with Gasteiger partial charge in [0, 0.05) is 26.1 Å². The fourth-order valence-electron chi connectivity index (χ4n) is 4.14. The van der Waals surface area contributed by atoms with E-state index in [4.69, 9.17) is 14.8 Å². The number of hydrogen-bond acceptors (Lipinski definition) is 7. The maximum Gasteiger partial charge on any atom is 0.192 e. The van der Waals surface area contributed by atoms with Crippen LogP contribution in [-0.2, 0) is 9.63 Å². The molecular weight excluding hydrogens is 426 g/mol. The molecule has 0 radical (unpaired) electrons. The highest BCUT2D eigenvalue weighted by Gasteiger charge is 2.30. The molecule has 1 aliphatic heterocycles. The molecule has 1 unspecified atom stereocenters. The van der Waals surface area contributed by atoms with Crippen LogP contribution >= 0.6 is 0 Å². The summed E-state index contributed by atoms with van der Waals surface area (Å²) in [6.45, 7) is 1.97. The van der Waals surface area contributed by atoms with Gasteiger partial charge in [0.1, 0.15) is 17.3 Å². The summed E-state index contributed by atoms with van der Waals surface area (Å²) in [5.74, 6) is 2.00. The van der Waals surface area contributed by atoms with E-state index in [9.17, 15) is 4.79 Å². The van der Waals surface area contributed by atoms with E-state index in [1.165, 1.54) is 0 Å². The van der Waals surface area contributed by atoms with Crippen molar-refractivity contribution in [1.82, 2.24) is 15.0 Å². The van der Waals surface area contributed by atoms with Crippen molar-refractivity contribution in [2.45, 2.75) is 32.3 Å². The Hall–Kier alpha value is -4.13. The lowest BCUT2D eigenvalue weighted by atomic mass is 10.00. The van der Waals surface area contributed by atoms with Gasteiger partial charge in [-0.25, -0.2) is 15.0 Å². The average molecular weight is 452 g/mol. The third kappa shape index (κ3) is 4.12. The maximum atomic E-state index is 12.3. The Morgan fingerprint density at radius 2 is 1.85 bits per heavy atom. The zero-order chi connectivity index (χ0) is 23.5. The Kier molecular flexibility index (Phi) is 5.99. The minimum absolute atomic E-state index is 0.0166. The van der Waals surface area contributed by atoms with Gasteiger partial charge in [0.15, 0.2) is 17.7 Å². The summed E-state index contributed by atoms with van der Waals surface area (Å²) in [7, 11) is 1.94. The lowest BCUT2D eigenvalue weighted by molar-refractivity contribution is -0.113. The molecule has 0 aliphatic carbocycles. The van der Waals surface area contributed by atoms with Gasteiger partial charge in [-0.1, -0.05) is 60.6 Å². The zero-order valence-corrected chi connectivity index (χ0v) is 19.2. The lowest BCUT2D eigenvalue weighted by Crippen LogP contribution is -2.17. The average Bonchev–Trinajstić information content (AvgIpc) is 3.39. The fourth-order valence-corrected chi connectivity index (χ4v) is 4.14. The molecule has 34 heavy (non-hydrogen) atoms. The highest BCUT2D eigenvalue weighted by molar-refractivity contribution is 6.40. The predicted octanol–water partition coefficient (Wildman–Crippen LogP) is 5.65. The van der Waals surface area contributed by atoms with Crippen LogP contribution in [0.2, 0.25) is 0 Å². The van der Waals surface area contributed by atoms with Crippen LogP contribution in [0, 0.1) is 0 Å². The first kappa shape index (κ1) is 21.7. The first-order valence-electron chi connectivity index (χ1n) is 11.4. The van der Waals surface area contributed by atoms with Crippen molar-refractivity contribution in [3.8, 4) is 11.1 Å². The van der Waals surface area contributed by atoms with Crippen LogP contribution in [0.1, 0.15) is 38.1 Å². The molecule has 0 amide bonds. The molecule has 2 aromatic heterocycles. The van der Waals surface area contributed by atoms with Crippen LogP contribution in [0.5, 0.6) is 0 Å². The number of Topliss-reactive ketones (excluding diaryl/α,β-unsaturated/α-hetero) is 1. The number of rotatable bonds is 7. The zero-order valence-electron chi connectivity index (χ0n) is 19.2. The Morgan fingerprint density at radius 1 is 1.03 bits per heavy atom. The van der Waals surface area contributed by atoms with E-state index >= 15 is 0 Å². The number of ketones is 1. The molecule has 0 saturated heterocycles. The van der Waals surface area contributed by atoms with Gasteiger partial charge < -0.3 is 9.74 Å². The van der Waals surface area contributed by atoms with Crippen molar-refractivity contribution in [3.63, 3.8) is 0 Å². The SMILES string of the molecule is CCCC(=O)C1=NOC(c2nc(N(C)c3ccccn3)c3c(-c4ccccc4)cccc3n2)C1. The van der Waals surface area contributed by atoms with Gasteiger partial charge in [0.05, 0.1) is 10.9 Å². The summed E-state index contributed by atoms with van der Waals surface area (Å²) in [5.41, 5.74) is 3.35. The Balaban J connectivity index is 1.64. The second-order valence-corrected chi connectivity index (χ2v) is 8.23. The lowest BCUT2D eigenvalue weighted by Gasteiger charge is -2.22. The summed E-state index contributed by atoms with van der Waals surface area (Å²) in [5, 5.41) is 4.97. The first-order chi connectivity index (χ1) is 16.7. The standard InChI is InChI=1S/C27H25N5O2/c1-3-10-22(33)21-17-23(34-31-21)26-29-20-14-9-13-19(18-11-5-4-6-12-18)25(20)27(30-26)32(2)24-15-7-8-16-28-24/h4-9,11-16,23H,3,10,17H2,1-2H3. The molecule has 0 fully saturated rings. The molecule has 0 bridgehead atoms. The van der Waals surface area contributed by atoms with Gasteiger partial charge >= 0.3 is 0 Å². The van der Waals surface area contributed by atoms with Gasteiger partial charge in [-0.05, 0) is 35.7 Å². The van der Waals surface area contributed by atoms with E-state index in [0.717, 1.165) is 40.1 Å². The van der Waals surface area contributed by atoms with Crippen LogP contribution in [0.15, 0.2) is 78.1 Å². The summed E-state index contributed by atoms with van der Waals surface area (Å²) in [4.78, 5) is 34.2. The van der Waals surface area contributed by atoms with Gasteiger partial charge in [0.2, 0.25) is 0 Å². The molecule has 4 aromatic rings. The monoisotopic (exact) mass is 451 g/mol. The molecule has 3 heterocycles. The molecule has 0 spiro atoms. The normalized spacial score (nSPS) is 15.1. The van der Waals surface area contributed by atoms with Crippen LogP contribution < -0.4 is 4.90 Å². The van der Waals surface area contributed by atoms with Crippen LogP contribution in [0.4, 0.5) is 11.6 Å². The van der Waals surface area contributed by atoms with Gasteiger partial charge in [-0.2, -0.15) is 0 Å². The Morgan fingerprint density at radius 3 is 2.62 bits per heavy atom. The Bertz CT molecular complexity index is 1360. The van der Waals surface area contributed by atoms with Crippen LogP contribution in [0.25, 0.3) is 22.0 Å². The maximum absolute atomic E-state index is 12.3. The molecule has 2 aromatic carbocycles. The third-order valence-corrected chi connectivity index (χ3v) is 5.87. The first-order valence-corrected chi connectivity index (χ1v) is 11.4. The number of benzene rings is 2. The number of pyridine rings is 1. The Labute approximate surface area is 198 Å². The number of oxime groups is 1. The molecule has 0 N–H and O–H groups in total. The highest BCUT2D eigenvalue weighted by Crippen LogP contribution is 2.37. The van der Waals surface area contributed by atoms with E-state index in [1.54, 1.807) is 6.20 Å². The highest BCUT2D eigenvalue weighted by atomic mass is 16.6. The molecule has 1 aliphatic rings. The van der Waals surface area contributed by atoms with Crippen molar-refractivity contribution in [3.05, 3.63) is 78.8 Å². The van der Waals surface area contributed by atoms with Crippen molar-refractivity contribution < 1.29 is 9.63 Å². The van der Waals surface area contributed by atoms with Gasteiger partial charge in [-0.3, -0.25) is 4.79 Å². The fraction of sp³-hybridized carbons (Fsp3) is 0.222. The minimum atomic E-state index is -0.503. The van der Waals surface area contributed by atoms with E-state index in [2.05, 4.69) is 28.3 Å². The molecule has 7 heteroatoms. The van der Waals surface area contributed by atoms with Crippen LogP contribution in [0.3, 0.4) is 0 Å². The topological polar surface area (TPSA) is 80.6 Å². The molecule has 1 atom stereocenters. The van der Waals surface area contributed by atoms with E-state index in [1.807, 2.05) is 67.4 Å². The molecule has 5 rings (SSSR count). The number of nitrogens with zero attached hydrogens (tertiary/aromatic N) is 5. The second-order valence-electron chi connectivity index (χ2n) is 8.23. The summed E-state index contributed by atoms with van der Waals surface area (Å²) < 4.78 is 0. The molecular formula is C27H25N5O2. The summed E-state index contributed by atoms with van der Waals surface area (Å²) in [6.07, 6.45) is 2.86.